The maximum atomic E-state index is 12.8. The van der Waals surface area contributed by atoms with Gasteiger partial charge < -0.3 is 9.80 Å². The van der Waals surface area contributed by atoms with Gasteiger partial charge in [-0.05, 0) is 57.5 Å². The van der Waals surface area contributed by atoms with Crippen molar-refractivity contribution in [1.82, 2.24) is 9.80 Å². The lowest BCUT2D eigenvalue weighted by Crippen LogP contribution is -2.28. The SMILES string of the molecule is C=CN(CCCN(C)C)C(=O)c1ccc(F)cc1. The topological polar surface area (TPSA) is 23.6 Å². The second kappa shape index (κ2) is 6.91. The molecule has 0 atom stereocenters. The van der Waals surface area contributed by atoms with Gasteiger partial charge in [0.05, 0.1) is 0 Å². The van der Waals surface area contributed by atoms with Crippen molar-refractivity contribution < 1.29 is 9.18 Å². The smallest absolute Gasteiger partial charge is 0.257 e. The summed E-state index contributed by atoms with van der Waals surface area (Å²) in [6.07, 6.45) is 2.38. The van der Waals surface area contributed by atoms with Crippen LogP contribution in [0.25, 0.3) is 0 Å². The average molecular weight is 250 g/mol. The molecule has 1 amide bonds. The first-order valence-electron chi connectivity index (χ1n) is 5.88. The van der Waals surface area contributed by atoms with Crippen LogP contribution in [0.2, 0.25) is 0 Å². The fourth-order valence-electron chi connectivity index (χ4n) is 1.59. The zero-order valence-corrected chi connectivity index (χ0v) is 10.9. The lowest BCUT2D eigenvalue weighted by molar-refractivity contribution is 0.0819. The van der Waals surface area contributed by atoms with E-state index in [2.05, 4.69) is 11.5 Å². The van der Waals surface area contributed by atoms with Crippen molar-refractivity contribution in [1.29, 1.82) is 0 Å². The summed E-state index contributed by atoms with van der Waals surface area (Å²) in [5, 5.41) is 0. The maximum Gasteiger partial charge on any atom is 0.257 e. The maximum absolute atomic E-state index is 12.8. The lowest BCUT2D eigenvalue weighted by atomic mass is 10.2. The average Bonchev–Trinajstić information content (AvgIpc) is 2.34. The minimum Gasteiger partial charge on any atom is -0.316 e. The first kappa shape index (κ1) is 14.4. The van der Waals surface area contributed by atoms with Gasteiger partial charge in [-0.1, -0.05) is 6.58 Å². The van der Waals surface area contributed by atoms with E-state index in [4.69, 9.17) is 0 Å². The van der Waals surface area contributed by atoms with Crippen LogP contribution >= 0.6 is 0 Å². The molecular weight excluding hydrogens is 231 g/mol. The van der Waals surface area contributed by atoms with Crippen molar-refractivity contribution in [3.63, 3.8) is 0 Å². The van der Waals surface area contributed by atoms with Crippen molar-refractivity contribution in [3.05, 3.63) is 48.4 Å². The van der Waals surface area contributed by atoms with Crippen LogP contribution in [0, 0.1) is 5.82 Å². The Morgan fingerprint density at radius 2 is 1.89 bits per heavy atom. The number of nitrogens with zero attached hydrogens (tertiary/aromatic N) is 2. The Kier molecular flexibility index (Phi) is 5.52. The molecule has 0 aliphatic carbocycles. The molecule has 0 aliphatic rings. The van der Waals surface area contributed by atoms with Crippen LogP contribution in [0.5, 0.6) is 0 Å². The molecule has 0 N–H and O–H groups in total. The highest BCUT2D eigenvalue weighted by molar-refractivity contribution is 5.94. The van der Waals surface area contributed by atoms with E-state index >= 15 is 0 Å². The normalized spacial score (nSPS) is 10.4. The Balaban J connectivity index is 2.61. The monoisotopic (exact) mass is 250 g/mol. The van der Waals surface area contributed by atoms with E-state index in [9.17, 15) is 9.18 Å². The third kappa shape index (κ3) is 4.30. The van der Waals surface area contributed by atoms with Crippen molar-refractivity contribution in [2.75, 3.05) is 27.2 Å². The summed E-state index contributed by atoms with van der Waals surface area (Å²) in [4.78, 5) is 15.7. The van der Waals surface area contributed by atoms with E-state index in [0.717, 1.165) is 13.0 Å². The fourth-order valence-corrected chi connectivity index (χ4v) is 1.59. The minimum absolute atomic E-state index is 0.149. The summed E-state index contributed by atoms with van der Waals surface area (Å²) in [5.41, 5.74) is 0.473. The number of carbonyl (C=O) groups excluding carboxylic acids is 1. The molecule has 0 aliphatic heterocycles. The molecule has 1 rings (SSSR count). The number of amides is 1. The molecule has 1 aromatic rings. The first-order chi connectivity index (χ1) is 8.54. The summed E-state index contributed by atoms with van der Waals surface area (Å²) in [5.74, 6) is -0.493. The van der Waals surface area contributed by atoms with E-state index in [1.807, 2.05) is 14.1 Å². The van der Waals surface area contributed by atoms with Gasteiger partial charge in [0.25, 0.3) is 5.91 Å². The lowest BCUT2D eigenvalue weighted by Gasteiger charge is -2.19. The second-order valence-corrected chi connectivity index (χ2v) is 4.34. The minimum atomic E-state index is -0.343. The van der Waals surface area contributed by atoms with Crippen molar-refractivity contribution in [2.45, 2.75) is 6.42 Å². The van der Waals surface area contributed by atoms with E-state index in [0.29, 0.717) is 12.1 Å². The third-order valence-corrected chi connectivity index (χ3v) is 2.58. The molecule has 98 valence electrons. The quantitative estimate of drug-likeness (QED) is 0.774. The summed E-state index contributed by atoms with van der Waals surface area (Å²) in [6, 6.07) is 5.54. The summed E-state index contributed by atoms with van der Waals surface area (Å²) in [6.45, 7) is 5.15. The Morgan fingerprint density at radius 3 is 2.39 bits per heavy atom. The van der Waals surface area contributed by atoms with Gasteiger partial charge in [0.15, 0.2) is 0 Å². The molecule has 0 radical (unpaired) electrons. The number of benzene rings is 1. The molecule has 18 heavy (non-hydrogen) atoms. The molecule has 4 heteroatoms. The third-order valence-electron chi connectivity index (χ3n) is 2.58. The molecule has 0 spiro atoms. The van der Waals surface area contributed by atoms with Gasteiger partial charge in [-0.15, -0.1) is 0 Å². The van der Waals surface area contributed by atoms with Gasteiger partial charge in [0.1, 0.15) is 5.82 Å². The molecule has 1 aromatic carbocycles. The van der Waals surface area contributed by atoms with Crippen LogP contribution in [0.3, 0.4) is 0 Å². The molecule has 0 aromatic heterocycles. The van der Waals surface area contributed by atoms with Crippen LogP contribution in [0.15, 0.2) is 37.0 Å². The van der Waals surface area contributed by atoms with E-state index in [1.54, 1.807) is 4.90 Å². The summed E-state index contributed by atoms with van der Waals surface area (Å²) < 4.78 is 12.8. The van der Waals surface area contributed by atoms with E-state index in [1.165, 1.54) is 30.5 Å². The van der Waals surface area contributed by atoms with Gasteiger partial charge in [0.2, 0.25) is 0 Å². The Hall–Kier alpha value is -1.68. The van der Waals surface area contributed by atoms with Gasteiger partial charge in [-0.2, -0.15) is 0 Å². The highest BCUT2D eigenvalue weighted by Crippen LogP contribution is 2.07. The van der Waals surface area contributed by atoms with Crippen molar-refractivity contribution in [3.8, 4) is 0 Å². The van der Waals surface area contributed by atoms with Crippen LogP contribution in [0.1, 0.15) is 16.8 Å². The predicted molar refractivity (Wildman–Crippen MR) is 70.8 cm³/mol. The molecule has 0 saturated heterocycles. The van der Waals surface area contributed by atoms with Crippen molar-refractivity contribution >= 4 is 5.91 Å². The Morgan fingerprint density at radius 1 is 1.28 bits per heavy atom. The van der Waals surface area contributed by atoms with Gasteiger partial charge in [0, 0.05) is 12.1 Å². The number of carbonyl (C=O) groups is 1. The van der Waals surface area contributed by atoms with Gasteiger partial charge >= 0.3 is 0 Å². The molecule has 0 bridgehead atoms. The molecule has 0 heterocycles. The van der Waals surface area contributed by atoms with E-state index in [-0.39, 0.29) is 11.7 Å². The highest BCUT2D eigenvalue weighted by Gasteiger charge is 2.12. The Labute approximate surface area is 108 Å². The predicted octanol–water partition coefficient (Wildman–Crippen LogP) is 2.36. The van der Waals surface area contributed by atoms with E-state index < -0.39 is 0 Å². The molecule has 0 unspecified atom stereocenters. The highest BCUT2D eigenvalue weighted by atomic mass is 19.1. The summed E-state index contributed by atoms with van der Waals surface area (Å²) in [7, 11) is 3.97. The molecular formula is C14H19FN2O. The number of halogens is 1. The van der Waals surface area contributed by atoms with Crippen LogP contribution < -0.4 is 0 Å². The number of hydrogen-bond donors (Lipinski definition) is 0. The zero-order valence-electron chi connectivity index (χ0n) is 10.9. The molecule has 0 fully saturated rings. The second-order valence-electron chi connectivity index (χ2n) is 4.34. The van der Waals surface area contributed by atoms with Gasteiger partial charge in [-0.25, -0.2) is 4.39 Å². The number of rotatable bonds is 6. The first-order valence-corrected chi connectivity index (χ1v) is 5.88. The molecule has 3 nitrogen and oxygen atoms in total. The standard InChI is InChI=1S/C14H19FN2O/c1-4-17(11-5-10-16(2)3)14(18)12-6-8-13(15)9-7-12/h4,6-9H,1,5,10-11H2,2-3H3. The largest absolute Gasteiger partial charge is 0.316 e. The Bertz CT molecular complexity index is 401. The van der Waals surface area contributed by atoms with Gasteiger partial charge in [-0.3, -0.25) is 4.79 Å². The van der Waals surface area contributed by atoms with Crippen molar-refractivity contribution in [2.24, 2.45) is 0 Å². The van der Waals surface area contributed by atoms with Crippen LogP contribution in [0.4, 0.5) is 4.39 Å². The number of hydrogen-bond acceptors (Lipinski definition) is 2. The van der Waals surface area contributed by atoms with Crippen LogP contribution in [-0.4, -0.2) is 42.9 Å². The van der Waals surface area contributed by atoms with Crippen LogP contribution in [-0.2, 0) is 0 Å². The fraction of sp³-hybridized carbons (Fsp3) is 0.357. The molecule has 0 saturated carbocycles. The zero-order chi connectivity index (χ0) is 13.5. The summed E-state index contributed by atoms with van der Waals surface area (Å²) >= 11 is 0.